The van der Waals surface area contributed by atoms with Crippen LogP contribution in [0.4, 0.5) is 15.8 Å². The van der Waals surface area contributed by atoms with Crippen molar-refractivity contribution in [3.63, 3.8) is 0 Å². The van der Waals surface area contributed by atoms with Gasteiger partial charge in [0.25, 0.3) is 0 Å². The number of rotatable bonds is 4. The first kappa shape index (κ1) is 15.4. The lowest BCUT2D eigenvalue weighted by Gasteiger charge is -2.10. The summed E-state index contributed by atoms with van der Waals surface area (Å²) in [6.07, 6.45) is 0. The molecule has 21 heavy (non-hydrogen) atoms. The van der Waals surface area contributed by atoms with E-state index in [1.54, 1.807) is 12.1 Å². The zero-order chi connectivity index (χ0) is 15.4. The lowest BCUT2D eigenvalue weighted by molar-refractivity contribution is -0.113. The zero-order valence-corrected chi connectivity index (χ0v) is 12.8. The Hall–Kier alpha value is -2.01. The Balaban J connectivity index is 1.97. The van der Waals surface area contributed by atoms with Crippen molar-refractivity contribution in [1.29, 1.82) is 0 Å². The first-order chi connectivity index (χ1) is 9.97. The summed E-state index contributed by atoms with van der Waals surface area (Å²) in [5.41, 5.74) is 8.80. The number of hydrogen-bond donors (Lipinski definition) is 2. The second kappa shape index (κ2) is 6.63. The average molecular weight is 304 g/mol. The quantitative estimate of drug-likeness (QED) is 0.668. The fourth-order valence-electron chi connectivity index (χ4n) is 1.85. The number of anilines is 2. The molecule has 5 heteroatoms. The Kier molecular flexibility index (Phi) is 4.85. The number of halogens is 1. The van der Waals surface area contributed by atoms with Gasteiger partial charge in [0, 0.05) is 16.3 Å². The third-order valence-electron chi connectivity index (χ3n) is 3.19. The number of nitrogen functional groups attached to an aromatic ring is 1. The molecule has 0 aliphatic rings. The number of carbonyl (C=O) groups is 1. The second-order valence-electron chi connectivity index (χ2n) is 4.77. The predicted octanol–water partition coefficient (Wildman–Crippen LogP) is 3.76. The molecule has 110 valence electrons. The van der Waals surface area contributed by atoms with Crippen LogP contribution < -0.4 is 11.1 Å². The van der Waals surface area contributed by atoms with Crippen molar-refractivity contribution in [2.24, 2.45) is 0 Å². The number of nitrogens with two attached hydrogens (primary N) is 1. The van der Waals surface area contributed by atoms with E-state index in [1.807, 2.05) is 32.0 Å². The maximum atomic E-state index is 13.6. The third kappa shape index (κ3) is 3.98. The molecule has 0 radical (unpaired) electrons. The van der Waals surface area contributed by atoms with E-state index < -0.39 is 5.82 Å². The van der Waals surface area contributed by atoms with E-state index in [2.05, 4.69) is 5.32 Å². The summed E-state index contributed by atoms with van der Waals surface area (Å²) < 4.78 is 13.6. The average Bonchev–Trinajstić information content (AvgIpc) is 2.43. The monoisotopic (exact) mass is 304 g/mol. The summed E-state index contributed by atoms with van der Waals surface area (Å²) >= 11 is 1.15. The van der Waals surface area contributed by atoms with Gasteiger partial charge in [-0.2, -0.15) is 0 Å². The van der Waals surface area contributed by atoms with E-state index in [9.17, 15) is 9.18 Å². The normalized spacial score (nSPS) is 10.4. The molecule has 0 heterocycles. The van der Waals surface area contributed by atoms with Crippen molar-refractivity contribution >= 4 is 29.0 Å². The van der Waals surface area contributed by atoms with Crippen molar-refractivity contribution in [3.05, 3.63) is 53.3 Å². The number of thioether (sulfide) groups is 1. The topological polar surface area (TPSA) is 55.1 Å². The minimum absolute atomic E-state index is 0.147. The van der Waals surface area contributed by atoms with Crippen molar-refractivity contribution in [2.75, 3.05) is 16.8 Å². The highest BCUT2D eigenvalue weighted by atomic mass is 32.2. The second-order valence-corrected chi connectivity index (χ2v) is 5.79. The smallest absolute Gasteiger partial charge is 0.234 e. The number of carbonyl (C=O) groups excluding carboxylic acids is 1. The van der Waals surface area contributed by atoms with Crippen LogP contribution in [-0.2, 0) is 4.79 Å². The molecule has 2 aromatic carbocycles. The predicted molar refractivity (Wildman–Crippen MR) is 86.1 cm³/mol. The summed E-state index contributed by atoms with van der Waals surface area (Å²) in [5.74, 6) is -0.418. The maximum absolute atomic E-state index is 13.6. The SMILES string of the molecule is Cc1cccc(NC(=O)CSc2ccc(N)cc2F)c1C. The number of benzene rings is 2. The van der Waals surface area contributed by atoms with E-state index in [0.717, 1.165) is 28.6 Å². The lowest BCUT2D eigenvalue weighted by Crippen LogP contribution is -2.15. The van der Waals surface area contributed by atoms with Crippen LogP contribution in [0, 0.1) is 19.7 Å². The summed E-state index contributed by atoms with van der Waals surface area (Å²) in [4.78, 5) is 12.4. The molecule has 3 nitrogen and oxygen atoms in total. The molecule has 0 fully saturated rings. The van der Waals surface area contributed by atoms with E-state index in [4.69, 9.17) is 5.73 Å². The Bertz CT molecular complexity index is 673. The highest BCUT2D eigenvalue weighted by molar-refractivity contribution is 8.00. The van der Waals surface area contributed by atoms with Crippen LogP contribution in [0.25, 0.3) is 0 Å². The fourth-order valence-corrected chi connectivity index (χ4v) is 2.57. The number of nitrogens with one attached hydrogen (secondary N) is 1. The number of aryl methyl sites for hydroxylation is 1. The lowest BCUT2D eigenvalue weighted by atomic mass is 10.1. The summed E-state index contributed by atoms with van der Waals surface area (Å²) in [7, 11) is 0. The molecule has 2 rings (SSSR count). The van der Waals surface area contributed by atoms with Gasteiger partial charge in [-0.1, -0.05) is 12.1 Å². The Morgan fingerprint density at radius 1 is 1.29 bits per heavy atom. The molecule has 0 aromatic heterocycles. The molecular formula is C16H17FN2OS. The number of amides is 1. The summed E-state index contributed by atoms with van der Waals surface area (Å²) in [6, 6.07) is 10.2. The molecule has 0 unspecified atom stereocenters. The molecule has 0 aliphatic carbocycles. The van der Waals surface area contributed by atoms with Gasteiger partial charge in [-0.25, -0.2) is 4.39 Å². The van der Waals surface area contributed by atoms with Gasteiger partial charge in [0.05, 0.1) is 5.75 Å². The van der Waals surface area contributed by atoms with Gasteiger partial charge in [0.15, 0.2) is 0 Å². The fraction of sp³-hybridized carbons (Fsp3) is 0.188. The highest BCUT2D eigenvalue weighted by Crippen LogP contribution is 2.24. The van der Waals surface area contributed by atoms with E-state index in [0.29, 0.717) is 10.6 Å². The van der Waals surface area contributed by atoms with Gasteiger partial charge in [-0.05, 0) is 49.2 Å². The van der Waals surface area contributed by atoms with Crippen LogP contribution >= 0.6 is 11.8 Å². The highest BCUT2D eigenvalue weighted by Gasteiger charge is 2.09. The van der Waals surface area contributed by atoms with Gasteiger partial charge in [-0.3, -0.25) is 4.79 Å². The Morgan fingerprint density at radius 2 is 2.05 bits per heavy atom. The van der Waals surface area contributed by atoms with Crippen LogP contribution in [0.2, 0.25) is 0 Å². The van der Waals surface area contributed by atoms with Crippen molar-refractivity contribution in [2.45, 2.75) is 18.7 Å². The minimum Gasteiger partial charge on any atom is -0.399 e. The number of hydrogen-bond acceptors (Lipinski definition) is 3. The molecule has 0 saturated carbocycles. The van der Waals surface area contributed by atoms with Gasteiger partial charge in [-0.15, -0.1) is 11.8 Å². The van der Waals surface area contributed by atoms with E-state index in [1.165, 1.54) is 6.07 Å². The van der Waals surface area contributed by atoms with E-state index in [-0.39, 0.29) is 11.7 Å². The molecular weight excluding hydrogens is 287 g/mol. The minimum atomic E-state index is -0.403. The van der Waals surface area contributed by atoms with Gasteiger partial charge < -0.3 is 11.1 Å². The third-order valence-corrected chi connectivity index (χ3v) is 4.24. The Labute approximate surface area is 127 Å². The van der Waals surface area contributed by atoms with Crippen LogP contribution in [0.5, 0.6) is 0 Å². The summed E-state index contributed by atoms with van der Waals surface area (Å²) in [6.45, 7) is 3.95. The molecule has 1 amide bonds. The molecule has 2 aromatic rings. The van der Waals surface area contributed by atoms with Crippen LogP contribution in [-0.4, -0.2) is 11.7 Å². The first-order valence-corrected chi connectivity index (χ1v) is 7.50. The molecule has 0 bridgehead atoms. The standard InChI is InChI=1S/C16H17FN2OS/c1-10-4-3-5-14(11(10)2)19-16(20)9-21-15-7-6-12(18)8-13(15)17/h3-8H,9,18H2,1-2H3,(H,19,20). The van der Waals surface area contributed by atoms with Crippen LogP contribution in [0.15, 0.2) is 41.3 Å². The maximum Gasteiger partial charge on any atom is 0.234 e. The molecule has 0 aliphatic heterocycles. The van der Waals surface area contributed by atoms with Crippen molar-refractivity contribution in [1.82, 2.24) is 0 Å². The van der Waals surface area contributed by atoms with Crippen LogP contribution in [0.3, 0.4) is 0 Å². The van der Waals surface area contributed by atoms with Crippen molar-refractivity contribution in [3.8, 4) is 0 Å². The molecule has 0 saturated heterocycles. The van der Waals surface area contributed by atoms with E-state index >= 15 is 0 Å². The molecule has 3 N–H and O–H groups in total. The summed E-state index contributed by atoms with van der Waals surface area (Å²) in [5, 5.41) is 2.85. The van der Waals surface area contributed by atoms with Crippen molar-refractivity contribution < 1.29 is 9.18 Å². The van der Waals surface area contributed by atoms with Crippen LogP contribution in [0.1, 0.15) is 11.1 Å². The largest absolute Gasteiger partial charge is 0.399 e. The first-order valence-electron chi connectivity index (χ1n) is 6.51. The van der Waals surface area contributed by atoms with Gasteiger partial charge in [0.1, 0.15) is 5.82 Å². The molecule has 0 atom stereocenters. The Morgan fingerprint density at radius 3 is 2.76 bits per heavy atom. The van der Waals surface area contributed by atoms with Gasteiger partial charge >= 0.3 is 0 Å². The zero-order valence-electron chi connectivity index (χ0n) is 11.9. The molecule has 0 spiro atoms. The van der Waals surface area contributed by atoms with Gasteiger partial charge in [0.2, 0.25) is 5.91 Å².